The number of nitrogens with two attached hydrogens (primary N) is 1. The van der Waals surface area contributed by atoms with Gasteiger partial charge in [0.1, 0.15) is 5.01 Å². The van der Waals surface area contributed by atoms with Gasteiger partial charge in [-0.1, -0.05) is 13.8 Å². The van der Waals surface area contributed by atoms with E-state index in [1.807, 2.05) is 23.1 Å². The largest absolute Gasteiger partial charge is 0.330 e. The zero-order valence-electron chi connectivity index (χ0n) is 9.75. The maximum atomic E-state index is 5.56. The molecule has 15 heavy (non-hydrogen) atoms. The maximum Gasteiger partial charge on any atom is 0.103 e. The van der Waals surface area contributed by atoms with Crippen LogP contribution in [0.25, 0.3) is 0 Å². The van der Waals surface area contributed by atoms with Crippen molar-refractivity contribution in [3.8, 4) is 0 Å². The Kier molecular flexibility index (Phi) is 5.64. The molecule has 1 aromatic rings. The summed E-state index contributed by atoms with van der Waals surface area (Å²) in [4.78, 5) is 5.94. The van der Waals surface area contributed by atoms with Gasteiger partial charge >= 0.3 is 0 Å². The van der Waals surface area contributed by atoms with Crippen molar-refractivity contribution in [2.75, 3.05) is 6.54 Å². The molecule has 1 heterocycles. The number of aromatic nitrogens is 1. The van der Waals surface area contributed by atoms with E-state index in [4.69, 9.17) is 5.73 Å². The molecule has 2 N–H and O–H groups in total. The summed E-state index contributed by atoms with van der Waals surface area (Å²) in [5, 5.41) is 1.98. The van der Waals surface area contributed by atoms with Gasteiger partial charge in [0.15, 0.2) is 0 Å². The lowest BCUT2D eigenvalue weighted by molar-refractivity contribution is 0.904. The van der Waals surface area contributed by atoms with Crippen LogP contribution in [0.2, 0.25) is 0 Å². The van der Waals surface area contributed by atoms with E-state index in [1.54, 1.807) is 0 Å². The highest BCUT2D eigenvalue weighted by molar-refractivity contribution is 7.99. The Balaban J connectivity index is 2.51. The molecule has 0 spiro atoms. The van der Waals surface area contributed by atoms with Crippen molar-refractivity contribution in [3.05, 3.63) is 15.6 Å². The quantitative estimate of drug-likeness (QED) is 0.836. The molecule has 0 saturated heterocycles. The number of nitrogens with zero attached hydrogens (tertiary/aromatic N) is 1. The Morgan fingerprint density at radius 3 is 2.87 bits per heavy atom. The minimum absolute atomic E-state index is 0.723. The summed E-state index contributed by atoms with van der Waals surface area (Å²) >= 11 is 3.81. The molecular weight excluding hydrogens is 224 g/mol. The van der Waals surface area contributed by atoms with Crippen molar-refractivity contribution in [1.29, 1.82) is 0 Å². The van der Waals surface area contributed by atoms with E-state index in [2.05, 4.69) is 25.8 Å². The van der Waals surface area contributed by atoms with Crippen molar-refractivity contribution in [2.24, 2.45) is 5.73 Å². The molecule has 0 aromatic carbocycles. The monoisotopic (exact) mass is 244 g/mol. The molecule has 0 radical (unpaired) electrons. The second kappa shape index (κ2) is 6.51. The lowest BCUT2D eigenvalue weighted by atomic mass is 10.3. The Hall–Kier alpha value is -0.0600. The summed E-state index contributed by atoms with van der Waals surface area (Å²) in [6, 6.07) is 0. The molecule has 1 unspecified atom stereocenters. The molecule has 0 amide bonds. The van der Waals surface area contributed by atoms with Crippen LogP contribution in [0.3, 0.4) is 0 Å². The standard InChI is InChI=1S/C11H20N2S2/c1-4-8(2)14-7-11-13-9(3)10(15-11)5-6-12/h8H,4-7,12H2,1-3H3. The molecule has 0 bridgehead atoms. The third kappa shape index (κ3) is 4.13. The highest BCUT2D eigenvalue weighted by atomic mass is 32.2. The van der Waals surface area contributed by atoms with E-state index in [1.165, 1.54) is 22.0 Å². The first-order chi connectivity index (χ1) is 7.17. The molecule has 4 heteroatoms. The zero-order valence-corrected chi connectivity index (χ0v) is 11.4. The first-order valence-corrected chi connectivity index (χ1v) is 7.30. The Labute approximate surface area is 101 Å². The summed E-state index contributed by atoms with van der Waals surface area (Å²) in [5.41, 5.74) is 6.73. The number of aryl methyl sites for hydroxylation is 1. The molecule has 1 aromatic heterocycles. The van der Waals surface area contributed by atoms with Gasteiger partial charge in [0.05, 0.1) is 5.69 Å². The van der Waals surface area contributed by atoms with Crippen LogP contribution in [-0.2, 0) is 12.2 Å². The average Bonchev–Trinajstić information content (AvgIpc) is 2.57. The topological polar surface area (TPSA) is 38.9 Å². The third-order valence-electron chi connectivity index (χ3n) is 2.37. The number of hydrogen-bond acceptors (Lipinski definition) is 4. The fraction of sp³-hybridized carbons (Fsp3) is 0.727. The normalized spacial score (nSPS) is 13.1. The van der Waals surface area contributed by atoms with E-state index < -0.39 is 0 Å². The summed E-state index contributed by atoms with van der Waals surface area (Å²) in [7, 11) is 0. The van der Waals surface area contributed by atoms with E-state index >= 15 is 0 Å². The van der Waals surface area contributed by atoms with Crippen LogP contribution >= 0.6 is 23.1 Å². The van der Waals surface area contributed by atoms with Crippen LogP contribution in [-0.4, -0.2) is 16.8 Å². The van der Waals surface area contributed by atoms with Crippen LogP contribution in [0.1, 0.15) is 35.8 Å². The molecule has 1 rings (SSSR count). The van der Waals surface area contributed by atoms with E-state index in [-0.39, 0.29) is 0 Å². The van der Waals surface area contributed by atoms with Crippen molar-refractivity contribution in [1.82, 2.24) is 4.98 Å². The lowest BCUT2D eigenvalue weighted by Gasteiger charge is -2.05. The first-order valence-electron chi connectivity index (χ1n) is 5.44. The van der Waals surface area contributed by atoms with Gasteiger partial charge in [-0.05, 0) is 26.3 Å². The molecule has 0 aliphatic heterocycles. The predicted molar refractivity (Wildman–Crippen MR) is 70.7 cm³/mol. The molecule has 1 atom stereocenters. The number of thioether (sulfide) groups is 1. The molecule has 2 nitrogen and oxygen atoms in total. The highest BCUT2D eigenvalue weighted by Crippen LogP contribution is 2.25. The van der Waals surface area contributed by atoms with Crippen molar-refractivity contribution < 1.29 is 0 Å². The second-order valence-electron chi connectivity index (χ2n) is 3.68. The number of rotatable bonds is 6. The van der Waals surface area contributed by atoms with Gasteiger partial charge in [-0.3, -0.25) is 0 Å². The molecule has 0 fully saturated rings. The van der Waals surface area contributed by atoms with Gasteiger partial charge in [0, 0.05) is 15.9 Å². The van der Waals surface area contributed by atoms with Crippen LogP contribution in [0.4, 0.5) is 0 Å². The van der Waals surface area contributed by atoms with Crippen LogP contribution < -0.4 is 5.73 Å². The van der Waals surface area contributed by atoms with Crippen molar-refractivity contribution in [3.63, 3.8) is 0 Å². The van der Waals surface area contributed by atoms with Gasteiger partial charge in [0.2, 0.25) is 0 Å². The predicted octanol–water partition coefficient (Wildman–Crippen LogP) is 2.98. The van der Waals surface area contributed by atoms with E-state index in [9.17, 15) is 0 Å². The highest BCUT2D eigenvalue weighted by Gasteiger charge is 2.08. The Morgan fingerprint density at radius 2 is 2.27 bits per heavy atom. The van der Waals surface area contributed by atoms with Crippen molar-refractivity contribution >= 4 is 23.1 Å². The van der Waals surface area contributed by atoms with Crippen LogP contribution in [0.15, 0.2) is 0 Å². The average molecular weight is 244 g/mol. The summed E-state index contributed by atoms with van der Waals surface area (Å²) in [6.45, 7) is 7.30. The van der Waals surface area contributed by atoms with Gasteiger partial charge in [-0.25, -0.2) is 4.98 Å². The fourth-order valence-electron chi connectivity index (χ4n) is 1.24. The van der Waals surface area contributed by atoms with E-state index in [0.29, 0.717) is 0 Å². The Bertz CT molecular complexity index is 297. The summed E-state index contributed by atoms with van der Waals surface area (Å²) in [5.74, 6) is 1.05. The number of hydrogen-bond donors (Lipinski definition) is 1. The van der Waals surface area contributed by atoms with E-state index in [0.717, 1.165) is 24.0 Å². The first kappa shape index (κ1) is 13.0. The van der Waals surface area contributed by atoms with Gasteiger partial charge in [-0.15, -0.1) is 11.3 Å². The second-order valence-corrected chi connectivity index (χ2v) is 6.28. The van der Waals surface area contributed by atoms with Gasteiger partial charge < -0.3 is 5.73 Å². The molecule has 86 valence electrons. The van der Waals surface area contributed by atoms with Crippen LogP contribution in [0.5, 0.6) is 0 Å². The van der Waals surface area contributed by atoms with Crippen molar-refractivity contribution in [2.45, 2.75) is 44.6 Å². The minimum Gasteiger partial charge on any atom is -0.330 e. The lowest BCUT2D eigenvalue weighted by Crippen LogP contribution is -2.01. The zero-order chi connectivity index (χ0) is 11.3. The van der Waals surface area contributed by atoms with Gasteiger partial charge in [-0.2, -0.15) is 11.8 Å². The SMILES string of the molecule is CCC(C)SCc1nc(C)c(CCN)s1. The molecule has 0 aliphatic carbocycles. The smallest absolute Gasteiger partial charge is 0.103 e. The summed E-state index contributed by atoms with van der Waals surface area (Å²) < 4.78 is 0. The third-order valence-corrected chi connectivity index (χ3v) is 5.12. The minimum atomic E-state index is 0.723. The number of thiazole rings is 1. The maximum absolute atomic E-state index is 5.56. The summed E-state index contributed by atoms with van der Waals surface area (Å²) in [6.07, 6.45) is 2.20. The molecule has 0 aliphatic rings. The Morgan fingerprint density at radius 1 is 1.53 bits per heavy atom. The van der Waals surface area contributed by atoms with Crippen LogP contribution in [0, 0.1) is 6.92 Å². The molecular formula is C11H20N2S2. The fourth-order valence-corrected chi connectivity index (χ4v) is 3.29. The van der Waals surface area contributed by atoms with Gasteiger partial charge in [0.25, 0.3) is 0 Å². The molecule has 0 saturated carbocycles.